The third-order valence-electron chi connectivity index (χ3n) is 7.43. The second-order valence-electron chi connectivity index (χ2n) is 10.3. The van der Waals surface area contributed by atoms with Gasteiger partial charge in [-0.1, -0.05) is 6.07 Å². The van der Waals surface area contributed by atoms with Crippen LogP contribution in [0.3, 0.4) is 0 Å². The Balaban J connectivity index is 1.30. The summed E-state index contributed by atoms with van der Waals surface area (Å²) in [6.07, 6.45) is 0.141. The maximum atomic E-state index is 15.5. The van der Waals surface area contributed by atoms with Crippen LogP contribution in [0.5, 0.6) is 5.88 Å². The fraction of sp³-hybridized carbons (Fsp3) is 0.188. The van der Waals surface area contributed by atoms with Gasteiger partial charge in [0.15, 0.2) is 5.82 Å². The molecule has 1 saturated heterocycles. The van der Waals surface area contributed by atoms with Crippen LogP contribution in [0.4, 0.5) is 22.0 Å². The largest absolute Gasteiger partial charge is 0.478 e. The van der Waals surface area contributed by atoms with E-state index in [2.05, 4.69) is 9.97 Å². The molecular formula is C32H21F5N4O4. The highest BCUT2D eigenvalue weighted by molar-refractivity contribution is 5.92. The van der Waals surface area contributed by atoms with E-state index in [1.165, 1.54) is 22.8 Å². The molecule has 1 N–H and O–H groups in total. The minimum Gasteiger partial charge on any atom is -0.478 e. The molecule has 228 valence electrons. The number of nitriles is 1. The number of nitrogens with zero attached hydrogens (tertiary/aromatic N) is 4. The normalized spacial score (nSPS) is 14.3. The average molecular weight is 621 g/mol. The number of imidazole rings is 1. The van der Waals surface area contributed by atoms with Crippen molar-refractivity contribution in [1.29, 1.82) is 5.26 Å². The van der Waals surface area contributed by atoms with E-state index < -0.39 is 46.3 Å². The summed E-state index contributed by atoms with van der Waals surface area (Å²) in [7, 11) is 0. The zero-order valence-electron chi connectivity index (χ0n) is 23.2. The fourth-order valence-electron chi connectivity index (χ4n) is 4.98. The van der Waals surface area contributed by atoms with E-state index >= 15 is 8.78 Å². The van der Waals surface area contributed by atoms with E-state index in [1.807, 2.05) is 6.07 Å². The van der Waals surface area contributed by atoms with Crippen LogP contribution < -0.4 is 4.74 Å². The molecule has 0 bridgehead atoms. The van der Waals surface area contributed by atoms with Crippen LogP contribution in [0.2, 0.25) is 0 Å². The highest BCUT2D eigenvalue weighted by Gasteiger charge is 2.25. The van der Waals surface area contributed by atoms with Crippen molar-refractivity contribution < 1.29 is 41.3 Å². The molecule has 0 unspecified atom stereocenters. The van der Waals surface area contributed by atoms with Gasteiger partial charge in [0.05, 0.1) is 35.4 Å². The SMILES string of the molecule is N#Cc1ccc(COc2ccc(F)c(-c3cc(F)c(Cc4nc5c(F)cc(C(=O)O)cc5n4C[C@@H]4CCO4)cc3F)n2)c(F)c1. The topological polar surface area (TPSA) is 110 Å². The molecule has 45 heavy (non-hydrogen) atoms. The van der Waals surface area contributed by atoms with Gasteiger partial charge in [0, 0.05) is 30.2 Å². The van der Waals surface area contributed by atoms with Crippen LogP contribution in [0.25, 0.3) is 22.3 Å². The van der Waals surface area contributed by atoms with E-state index in [0.29, 0.717) is 13.0 Å². The first-order valence-electron chi connectivity index (χ1n) is 13.6. The Morgan fingerprint density at radius 2 is 1.73 bits per heavy atom. The number of aromatic carboxylic acids is 1. The molecule has 1 aliphatic rings. The van der Waals surface area contributed by atoms with E-state index in [0.717, 1.165) is 36.4 Å². The summed E-state index contributed by atoms with van der Waals surface area (Å²) < 4.78 is 87.2. The molecule has 3 heterocycles. The Bertz CT molecular complexity index is 2020. The number of pyridine rings is 1. The molecule has 8 nitrogen and oxygen atoms in total. The summed E-state index contributed by atoms with van der Waals surface area (Å²) in [6.45, 7) is 0.378. The third-order valence-corrected chi connectivity index (χ3v) is 7.43. The summed E-state index contributed by atoms with van der Waals surface area (Å²) in [5, 5.41) is 18.3. The summed E-state index contributed by atoms with van der Waals surface area (Å²) in [5.41, 5.74) is -1.28. The second-order valence-corrected chi connectivity index (χ2v) is 10.3. The Morgan fingerprint density at radius 1 is 0.956 bits per heavy atom. The van der Waals surface area contributed by atoms with Crippen molar-refractivity contribution in [3.8, 4) is 23.2 Å². The van der Waals surface area contributed by atoms with Crippen molar-refractivity contribution in [1.82, 2.24) is 14.5 Å². The van der Waals surface area contributed by atoms with E-state index in [1.54, 1.807) is 0 Å². The van der Waals surface area contributed by atoms with Crippen molar-refractivity contribution in [3.63, 3.8) is 0 Å². The zero-order chi connectivity index (χ0) is 31.8. The van der Waals surface area contributed by atoms with Gasteiger partial charge < -0.3 is 19.1 Å². The lowest BCUT2D eigenvalue weighted by Crippen LogP contribution is -2.31. The van der Waals surface area contributed by atoms with Crippen molar-refractivity contribution in [2.24, 2.45) is 0 Å². The number of hydrogen-bond donors (Lipinski definition) is 1. The predicted molar refractivity (Wildman–Crippen MR) is 149 cm³/mol. The molecule has 0 spiro atoms. The number of fused-ring (bicyclic) bond motifs is 1. The molecule has 1 atom stereocenters. The molecule has 0 saturated carbocycles. The highest BCUT2D eigenvalue weighted by Crippen LogP contribution is 2.31. The van der Waals surface area contributed by atoms with Gasteiger partial charge in [-0.05, 0) is 54.4 Å². The summed E-state index contributed by atoms with van der Waals surface area (Å²) >= 11 is 0. The second kappa shape index (κ2) is 12.0. The van der Waals surface area contributed by atoms with Crippen LogP contribution in [0, 0.1) is 40.4 Å². The van der Waals surface area contributed by atoms with Crippen LogP contribution in [-0.2, 0) is 24.3 Å². The lowest BCUT2D eigenvalue weighted by Gasteiger charge is -2.27. The molecule has 2 aromatic heterocycles. The lowest BCUT2D eigenvalue weighted by molar-refractivity contribution is -0.0589. The Kier molecular flexibility index (Phi) is 7.90. The first-order valence-corrected chi connectivity index (χ1v) is 13.6. The minimum atomic E-state index is -1.34. The first kappa shape index (κ1) is 29.7. The van der Waals surface area contributed by atoms with Gasteiger partial charge >= 0.3 is 5.97 Å². The molecule has 3 aromatic carbocycles. The number of aromatic nitrogens is 3. The van der Waals surface area contributed by atoms with Crippen LogP contribution in [-0.4, -0.2) is 38.3 Å². The van der Waals surface area contributed by atoms with Gasteiger partial charge in [-0.15, -0.1) is 0 Å². The molecule has 0 radical (unpaired) electrons. The van der Waals surface area contributed by atoms with Gasteiger partial charge in [0.25, 0.3) is 0 Å². The summed E-state index contributed by atoms with van der Waals surface area (Å²) in [4.78, 5) is 19.8. The third kappa shape index (κ3) is 5.92. The van der Waals surface area contributed by atoms with Gasteiger partial charge in [0.1, 0.15) is 46.9 Å². The van der Waals surface area contributed by atoms with E-state index in [9.17, 15) is 23.1 Å². The van der Waals surface area contributed by atoms with Crippen molar-refractivity contribution in [2.75, 3.05) is 6.61 Å². The van der Waals surface area contributed by atoms with Gasteiger partial charge in [-0.25, -0.2) is 36.7 Å². The zero-order valence-corrected chi connectivity index (χ0v) is 23.2. The molecular weight excluding hydrogens is 599 g/mol. The minimum absolute atomic E-state index is 0.0946. The lowest BCUT2D eigenvalue weighted by atomic mass is 10.0. The first-order chi connectivity index (χ1) is 21.6. The van der Waals surface area contributed by atoms with Gasteiger partial charge in [-0.3, -0.25) is 0 Å². The monoisotopic (exact) mass is 620 g/mol. The molecule has 13 heteroatoms. The fourth-order valence-corrected chi connectivity index (χ4v) is 4.98. The number of ether oxygens (including phenoxy) is 2. The standard InChI is InChI=1S/C32H21F5N4O4/c33-22-3-4-29(45-15-17-2-1-16(13-38)7-23(17)34)40-30(22)21-12-24(35)18(8-25(21)36)11-28-39-31-26(37)9-19(32(42)43)10-27(31)41(28)14-20-5-6-44-20/h1-4,7-10,12,20H,5-6,11,14-15H2,(H,42,43)/t20-/m0/s1. The van der Waals surface area contributed by atoms with E-state index in [4.69, 9.17) is 14.7 Å². The number of halogens is 5. The molecule has 0 amide bonds. The molecule has 0 aliphatic carbocycles. The van der Waals surface area contributed by atoms with Crippen molar-refractivity contribution in [3.05, 3.63) is 112 Å². The number of rotatable bonds is 9. The molecule has 5 aromatic rings. The van der Waals surface area contributed by atoms with Crippen molar-refractivity contribution >= 4 is 17.0 Å². The number of hydrogen-bond acceptors (Lipinski definition) is 6. The number of carboxylic acid groups (broad SMARTS) is 1. The average Bonchev–Trinajstić information content (AvgIpc) is 3.33. The highest BCUT2D eigenvalue weighted by atomic mass is 19.1. The van der Waals surface area contributed by atoms with Gasteiger partial charge in [0.2, 0.25) is 5.88 Å². The Hall–Kier alpha value is -5.35. The predicted octanol–water partition coefficient (Wildman–Crippen LogP) is 6.32. The maximum absolute atomic E-state index is 15.5. The maximum Gasteiger partial charge on any atom is 0.335 e. The smallest absolute Gasteiger partial charge is 0.335 e. The van der Waals surface area contributed by atoms with Crippen molar-refractivity contribution in [2.45, 2.75) is 32.1 Å². The number of carboxylic acids is 1. The van der Waals surface area contributed by atoms with E-state index in [-0.39, 0.29) is 70.7 Å². The number of benzene rings is 3. The molecule has 1 aliphatic heterocycles. The van der Waals surface area contributed by atoms with Crippen LogP contribution in [0.1, 0.15) is 39.3 Å². The summed E-state index contributed by atoms with van der Waals surface area (Å²) in [5.74, 6) is -5.88. The quantitative estimate of drug-likeness (QED) is 0.192. The summed E-state index contributed by atoms with van der Waals surface area (Å²) in [6, 6.07) is 11.4. The van der Waals surface area contributed by atoms with Crippen LogP contribution in [0.15, 0.2) is 54.6 Å². The Labute approximate surface area is 251 Å². The van der Waals surface area contributed by atoms with Gasteiger partial charge in [-0.2, -0.15) is 5.26 Å². The Morgan fingerprint density at radius 3 is 2.42 bits per heavy atom. The molecule has 6 rings (SSSR count). The number of carbonyl (C=O) groups is 1. The molecule has 1 fully saturated rings. The van der Waals surface area contributed by atoms with Crippen LogP contribution >= 0.6 is 0 Å².